The van der Waals surface area contributed by atoms with Crippen molar-refractivity contribution in [3.8, 4) is 22.3 Å². The van der Waals surface area contributed by atoms with Crippen LogP contribution in [0.4, 0.5) is 17.1 Å². The molecule has 0 heterocycles. The number of hydrogen-bond donors (Lipinski definition) is 0. The molecule has 0 unspecified atom stereocenters. The summed E-state index contributed by atoms with van der Waals surface area (Å²) in [6.07, 6.45) is 0. The maximum absolute atomic E-state index is 2.34. The zero-order valence-corrected chi connectivity index (χ0v) is 15.9. The molecule has 0 N–H and O–H groups in total. The Labute approximate surface area is 170 Å². The van der Waals surface area contributed by atoms with E-state index in [0.717, 1.165) is 11.4 Å². The third-order valence-corrected chi connectivity index (χ3v) is 5.76. The van der Waals surface area contributed by atoms with Crippen molar-refractivity contribution in [1.29, 1.82) is 0 Å². The van der Waals surface area contributed by atoms with Crippen LogP contribution in [-0.4, -0.2) is 0 Å². The molecule has 0 amide bonds. The first-order valence-corrected chi connectivity index (χ1v) is 9.97. The van der Waals surface area contributed by atoms with E-state index in [0.29, 0.717) is 0 Å². The molecule has 1 aliphatic rings. The summed E-state index contributed by atoms with van der Waals surface area (Å²) < 4.78 is 0. The highest BCUT2D eigenvalue weighted by molar-refractivity contribution is 6.16. The average molecular weight is 369 g/mol. The van der Waals surface area contributed by atoms with Crippen molar-refractivity contribution in [3.05, 3.63) is 115 Å². The van der Waals surface area contributed by atoms with Crippen LogP contribution in [0.2, 0.25) is 0 Å². The number of nitrogens with zero attached hydrogens (tertiary/aromatic N) is 1. The molecule has 5 aromatic carbocycles. The largest absolute Gasteiger partial charge is 0.310 e. The van der Waals surface area contributed by atoms with Crippen LogP contribution in [0.25, 0.3) is 33.0 Å². The van der Waals surface area contributed by atoms with Gasteiger partial charge in [0.25, 0.3) is 0 Å². The lowest BCUT2D eigenvalue weighted by molar-refractivity contribution is 1.29. The maximum atomic E-state index is 2.34. The van der Waals surface area contributed by atoms with Gasteiger partial charge in [0, 0.05) is 17.1 Å². The van der Waals surface area contributed by atoms with Crippen LogP contribution in [0.3, 0.4) is 0 Å². The molecule has 0 spiro atoms. The molecule has 29 heavy (non-hydrogen) atoms. The Morgan fingerprint density at radius 2 is 0.931 bits per heavy atom. The number of hydrogen-bond acceptors (Lipinski definition) is 1. The van der Waals surface area contributed by atoms with Gasteiger partial charge in [-0.15, -0.1) is 0 Å². The van der Waals surface area contributed by atoms with E-state index in [1.165, 1.54) is 38.7 Å². The summed E-state index contributed by atoms with van der Waals surface area (Å²) in [4.78, 5) is 2.34. The molecule has 1 heteroatoms. The zero-order chi connectivity index (χ0) is 19.2. The number of rotatable bonds is 3. The van der Waals surface area contributed by atoms with Gasteiger partial charge < -0.3 is 4.90 Å². The quantitative estimate of drug-likeness (QED) is 0.306. The van der Waals surface area contributed by atoms with Crippen LogP contribution in [0.15, 0.2) is 115 Å². The lowest BCUT2D eigenvalue weighted by Crippen LogP contribution is -2.09. The predicted molar refractivity (Wildman–Crippen MR) is 123 cm³/mol. The van der Waals surface area contributed by atoms with Gasteiger partial charge in [0.1, 0.15) is 0 Å². The first-order chi connectivity index (χ1) is 14.4. The van der Waals surface area contributed by atoms with E-state index in [4.69, 9.17) is 0 Å². The molecule has 0 saturated heterocycles. The van der Waals surface area contributed by atoms with Gasteiger partial charge in [-0.25, -0.2) is 0 Å². The van der Waals surface area contributed by atoms with Crippen molar-refractivity contribution in [3.63, 3.8) is 0 Å². The molecule has 136 valence electrons. The highest BCUT2D eigenvalue weighted by Gasteiger charge is 2.23. The number of para-hydroxylation sites is 2. The SMILES string of the molecule is c1ccc(N(c2ccccc2)c2cc3c4c(cccc4c2)-c2ccccc2-3)cc1. The second-order valence-electron chi connectivity index (χ2n) is 7.45. The Morgan fingerprint density at radius 3 is 1.59 bits per heavy atom. The van der Waals surface area contributed by atoms with Crippen molar-refractivity contribution in [2.45, 2.75) is 0 Å². The molecule has 0 fully saturated rings. The van der Waals surface area contributed by atoms with Crippen molar-refractivity contribution < 1.29 is 0 Å². The third kappa shape index (κ3) is 2.48. The third-order valence-electron chi connectivity index (χ3n) is 5.76. The first-order valence-electron chi connectivity index (χ1n) is 9.97. The van der Waals surface area contributed by atoms with E-state index in [2.05, 4.69) is 120 Å². The minimum Gasteiger partial charge on any atom is -0.310 e. The summed E-state index contributed by atoms with van der Waals surface area (Å²) in [7, 11) is 0. The van der Waals surface area contributed by atoms with Gasteiger partial charge in [-0.3, -0.25) is 0 Å². The molecule has 0 radical (unpaired) electrons. The molecule has 1 aliphatic carbocycles. The second-order valence-corrected chi connectivity index (χ2v) is 7.45. The average Bonchev–Trinajstić information content (AvgIpc) is 3.11. The lowest BCUT2D eigenvalue weighted by Gasteiger charge is -2.26. The summed E-state index contributed by atoms with van der Waals surface area (Å²) in [5, 5.41) is 2.64. The van der Waals surface area contributed by atoms with Crippen LogP contribution in [0, 0.1) is 0 Å². The van der Waals surface area contributed by atoms with Gasteiger partial charge in [0.2, 0.25) is 0 Å². The van der Waals surface area contributed by atoms with E-state index in [1.807, 2.05) is 0 Å². The van der Waals surface area contributed by atoms with Crippen molar-refractivity contribution >= 4 is 27.8 Å². The minimum absolute atomic E-state index is 1.16. The van der Waals surface area contributed by atoms with Crippen LogP contribution in [0.1, 0.15) is 0 Å². The van der Waals surface area contributed by atoms with Gasteiger partial charge >= 0.3 is 0 Å². The van der Waals surface area contributed by atoms with Gasteiger partial charge in [-0.2, -0.15) is 0 Å². The minimum atomic E-state index is 1.16. The van der Waals surface area contributed by atoms with Crippen molar-refractivity contribution in [1.82, 2.24) is 0 Å². The Bertz CT molecular complexity index is 1300. The molecule has 0 atom stereocenters. The topological polar surface area (TPSA) is 3.24 Å². The summed E-state index contributed by atoms with van der Waals surface area (Å²) in [5.74, 6) is 0. The number of benzene rings is 5. The highest BCUT2D eigenvalue weighted by atomic mass is 15.1. The smallest absolute Gasteiger partial charge is 0.0474 e. The van der Waals surface area contributed by atoms with E-state index in [-0.39, 0.29) is 0 Å². The van der Waals surface area contributed by atoms with Crippen molar-refractivity contribution in [2.75, 3.05) is 4.90 Å². The van der Waals surface area contributed by atoms with Crippen LogP contribution in [0.5, 0.6) is 0 Å². The van der Waals surface area contributed by atoms with Crippen LogP contribution >= 0.6 is 0 Å². The van der Waals surface area contributed by atoms with Gasteiger partial charge in [-0.1, -0.05) is 78.9 Å². The molecule has 1 nitrogen and oxygen atoms in total. The molecule has 0 saturated carbocycles. The summed E-state index contributed by atoms with van der Waals surface area (Å²) >= 11 is 0. The van der Waals surface area contributed by atoms with E-state index in [1.54, 1.807) is 0 Å². The fourth-order valence-corrected chi connectivity index (χ4v) is 4.53. The molecule has 0 aromatic heterocycles. The standard InChI is InChI=1S/C28H19N/c1-3-11-21(12-4-1)29(22-13-5-2-6-14-22)23-18-20-10-9-17-26-24-15-7-8-16-25(24)27(19-23)28(20)26/h1-19H. The van der Waals surface area contributed by atoms with E-state index in [9.17, 15) is 0 Å². The maximum Gasteiger partial charge on any atom is 0.0474 e. The van der Waals surface area contributed by atoms with Gasteiger partial charge in [0.05, 0.1) is 0 Å². The number of anilines is 3. The molecular weight excluding hydrogens is 350 g/mol. The lowest BCUT2D eigenvalue weighted by atomic mass is 10.0. The first kappa shape index (κ1) is 16.1. The Kier molecular flexibility index (Phi) is 3.54. The molecular formula is C28H19N. The second kappa shape index (κ2) is 6.35. The highest BCUT2D eigenvalue weighted by Crippen LogP contribution is 2.49. The van der Waals surface area contributed by atoms with E-state index >= 15 is 0 Å². The Balaban J connectivity index is 1.65. The van der Waals surface area contributed by atoms with E-state index < -0.39 is 0 Å². The van der Waals surface area contributed by atoms with Crippen molar-refractivity contribution in [2.24, 2.45) is 0 Å². The fraction of sp³-hybridized carbons (Fsp3) is 0. The normalized spacial score (nSPS) is 11.4. The van der Waals surface area contributed by atoms with Gasteiger partial charge in [-0.05, 0) is 69.4 Å². The predicted octanol–water partition coefficient (Wildman–Crippen LogP) is 7.96. The summed E-state index contributed by atoms with van der Waals surface area (Å²) in [6, 6.07) is 41.2. The summed E-state index contributed by atoms with van der Waals surface area (Å²) in [5.41, 5.74) is 8.81. The molecule has 6 rings (SSSR count). The summed E-state index contributed by atoms with van der Waals surface area (Å²) in [6.45, 7) is 0. The molecule has 0 bridgehead atoms. The monoisotopic (exact) mass is 369 g/mol. The van der Waals surface area contributed by atoms with Gasteiger partial charge in [0.15, 0.2) is 0 Å². The fourth-order valence-electron chi connectivity index (χ4n) is 4.53. The Morgan fingerprint density at radius 1 is 0.379 bits per heavy atom. The van der Waals surface area contributed by atoms with Crippen LogP contribution in [-0.2, 0) is 0 Å². The number of fused-ring (bicyclic) bond motifs is 3. The molecule has 0 aliphatic heterocycles. The van der Waals surface area contributed by atoms with Crippen LogP contribution < -0.4 is 4.90 Å². The Hall–Kier alpha value is -3.84. The molecule has 5 aromatic rings. The zero-order valence-electron chi connectivity index (χ0n) is 15.9.